The van der Waals surface area contributed by atoms with Crippen molar-refractivity contribution in [1.29, 1.82) is 0 Å². The Morgan fingerprint density at radius 3 is 2.65 bits per heavy atom. The molecule has 0 aliphatic heterocycles. The fraction of sp³-hybridized carbons (Fsp3) is 0.467. The molecule has 3 atom stereocenters. The number of carbonyl (C=O) groups is 2. The summed E-state index contributed by atoms with van der Waals surface area (Å²) in [5, 5.41) is 12.4. The molecular formula is C15H18ClNO3. The van der Waals surface area contributed by atoms with Crippen molar-refractivity contribution in [3.05, 3.63) is 34.9 Å². The van der Waals surface area contributed by atoms with Gasteiger partial charge in [-0.05, 0) is 36.0 Å². The predicted molar refractivity (Wildman–Crippen MR) is 76.7 cm³/mol. The van der Waals surface area contributed by atoms with Crippen LogP contribution in [0.25, 0.3) is 0 Å². The second kappa shape index (κ2) is 5.83. The molecule has 1 aromatic carbocycles. The molecule has 0 bridgehead atoms. The maximum atomic E-state index is 12.1. The molecule has 1 amide bonds. The van der Waals surface area contributed by atoms with E-state index in [1.165, 1.54) is 0 Å². The van der Waals surface area contributed by atoms with Crippen LogP contribution in [0.5, 0.6) is 0 Å². The summed E-state index contributed by atoms with van der Waals surface area (Å²) in [5.74, 6) is -1.31. The molecule has 1 aliphatic rings. The van der Waals surface area contributed by atoms with Gasteiger partial charge >= 0.3 is 5.97 Å². The van der Waals surface area contributed by atoms with E-state index in [1.807, 2.05) is 18.2 Å². The Kier molecular flexibility index (Phi) is 4.33. The Hall–Kier alpha value is -1.55. The van der Waals surface area contributed by atoms with Gasteiger partial charge in [0.2, 0.25) is 5.91 Å². The Labute approximate surface area is 123 Å². The predicted octanol–water partition coefficient (Wildman–Crippen LogP) is 2.67. The normalized spacial score (nSPS) is 22.4. The molecule has 108 valence electrons. The third kappa shape index (κ3) is 3.31. The van der Waals surface area contributed by atoms with Crippen LogP contribution in [0.1, 0.15) is 31.7 Å². The van der Waals surface area contributed by atoms with Crippen LogP contribution >= 0.6 is 11.6 Å². The molecular weight excluding hydrogens is 278 g/mol. The first-order valence-electron chi connectivity index (χ1n) is 6.68. The van der Waals surface area contributed by atoms with Gasteiger partial charge in [-0.1, -0.05) is 37.6 Å². The van der Waals surface area contributed by atoms with E-state index in [9.17, 15) is 9.59 Å². The van der Waals surface area contributed by atoms with Gasteiger partial charge in [0.05, 0.1) is 0 Å². The van der Waals surface area contributed by atoms with Gasteiger partial charge in [-0.2, -0.15) is 0 Å². The standard InChI is InChI=1S/C15H18ClNO3/c1-8(2)13(15(19)20)17-14(18)12-7-11(12)9-4-3-5-10(16)6-9/h3-6,8,11-13H,7H2,1-2H3,(H,17,18)(H,19,20). The Bertz CT molecular complexity index is 530. The number of carboxylic acids is 1. The van der Waals surface area contributed by atoms with E-state index in [4.69, 9.17) is 16.7 Å². The summed E-state index contributed by atoms with van der Waals surface area (Å²) in [7, 11) is 0. The number of carbonyl (C=O) groups excluding carboxylic acids is 1. The van der Waals surface area contributed by atoms with Gasteiger partial charge in [0.1, 0.15) is 6.04 Å². The highest BCUT2D eigenvalue weighted by molar-refractivity contribution is 6.30. The molecule has 4 nitrogen and oxygen atoms in total. The molecule has 1 aliphatic carbocycles. The molecule has 0 aromatic heterocycles. The average molecular weight is 296 g/mol. The molecule has 0 spiro atoms. The van der Waals surface area contributed by atoms with E-state index in [0.29, 0.717) is 5.02 Å². The van der Waals surface area contributed by atoms with Crippen LogP contribution in [0.2, 0.25) is 5.02 Å². The van der Waals surface area contributed by atoms with Gasteiger partial charge in [0.25, 0.3) is 0 Å². The highest BCUT2D eigenvalue weighted by Gasteiger charge is 2.45. The van der Waals surface area contributed by atoms with Gasteiger partial charge < -0.3 is 10.4 Å². The zero-order valence-corrected chi connectivity index (χ0v) is 12.2. The van der Waals surface area contributed by atoms with Crippen LogP contribution < -0.4 is 5.32 Å². The summed E-state index contributed by atoms with van der Waals surface area (Å²) in [6.07, 6.45) is 0.747. The van der Waals surface area contributed by atoms with Crippen LogP contribution in [-0.2, 0) is 9.59 Å². The summed E-state index contributed by atoms with van der Waals surface area (Å²) in [4.78, 5) is 23.2. The minimum atomic E-state index is -0.992. The maximum Gasteiger partial charge on any atom is 0.326 e. The average Bonchev–Trinajstić information content (AvgIpc) is 3.15. The van der Waals surface area contributed by atoms with E-state index in [-0.39, 0.29) is 23.7 Å². The molecule has 5 heteroatoms. The number of carboxylic acid groups (broad SMARTS) is 1. The van der Waals surface area contributed by atoms with Crippen molar-refractivity contribution >= 4 is 23.5 Å². The van der Waals surface area contributed by atoms with Crippen molar-refractivity contribution in [1.82, 2.24) is 5.32 Å². The van der Waals surface area contributed by atoms with Crippen LogP contribution in [0, 0.1) is 11.8 Å². The van der Waals surface area contributed by atoms with Crippen molar-refractivity contribution < 1.29 is 14.7 Å². The third-order valence-electron chi connectivity index (χ3n) is 3.63. The van der Waals surface area contributed by atoms with Gasteiger partial charge in [-0.15, -0.1) is 0 Å². The summed E-state index contributed by atoms with van der Waals surface area (Å²) in [6, 6.07) is 6.63. The molecule has 2 rings (SSSR count). The lowest BCUT2D eigenvalue weighted by atomic mass is 10.0. The zero-order chi connectivity index (χ0) is 14.9. The highest BCUT2D eigenvalue weighted by Crippen LogP contribution is 2.48. The summed E-state index contributed by atoms with van der Waals surface area (Å²) < 4.78 is 0. The van der Waals surface area contributed by atoms with Crippen molar-refractivity contribution in [3.8, 4) is 0 Å². The van der Waals surface area contributed by atoms with E-state index >= 15 is 0 Å². The number of hydrogen-bond acceptors (Lipinski definition) is 2. The smallest absolute Gasteiger partial charge is 0.326 e. The van der Waals surface area contributed by atoms with Gasteiger partial charge in [0, 0.05) is 10.9 Å². The second-order valence-electron chi connectivity index (χ2n) is 5.57. The van der Waals surface area contributed by atoms with Crippen LogP contribution in [0.3, 0.4) is 0 Å². The number of benzene rings is 1. The minimum absolute atomic E-state index is 0.139. The number of hydrogen-bond donors (Lipinski definition) is 2. The first kappa shape index (κ1) is 14.9. The molecule has 1 fully saturated rings. The van der Waals surface area contributed by atoms with Crippen LogP contribution in [-0.4, -0.2) is 23.0 Å². The molecule has 0 heterocycles. The second-order valence-corrected chi connectivity index (χ2v) is 6.01. The van der Waals surface area contributed by atoms with Crippen molar-refractivity contribution in [3.63, 3.8) is 0 Å². The lowest BCUT2D eigenvalue weighted by molar-refractivity contribution is -0.143. The lowest BCUT2D eigenvalue weighted by Crippen LogP contribution is -2.45. The first-order valence-corrected chi connectivity index (χ1v) is 7.06. The van der Waals surface area contributed by atoms with Gasteiger partial charge in [-0.25, -0.2) is 4.79 Å². The summed E-state index contributed by atoms with van der Waals surface area (Å²) >= 11 is 5.93. The van der Waals surface area contributed by atoms with Gasteiger partial charge in [-0.3, -0.25) is 4.79 Å². The number of rotatable bonds is 5. The highest BCUT2D eigenvalue weighted by atomic mass is 35.5. The quantitative estimate of drug-likeness (QED) is 0.877. The Morgan fingerprint density at radius 2 is 2.10 bits per heavy atom. The molecule has 3 unspecified atom stereocenters. The zero-order valence-electron chi connectivity index (χ0n) is 11.5. The number of aliphatic carboxylic acids is 1. The van der Waals surface area contributed by atoms with Crippen molar-refractivity contribution in [2.24, 2.45) is 11.8 Å². The lowest BCUT2D eigenvalue weighted by Gasteiger charge is -2.17. The first-order chi connectivity index (χ1) is 9.40. The third-order valence-corrected chi connectivity index (χ3v) is 3.87. The van der Waals surface area contributed by atoms with Crippen molar-refractivity contribution in [2.75, 3.05) is 0 Å². The van der Waals surface area contributed by atoms with Crippen molar-refractivity contribution in [2.45, 2.75) is 32.2 Å². The number of amides is 1. The molecule has 1 aromatic rings. The van der Waals surface area contributed by atoms with Crippen LogP contribution in [0.4, 0.5) is 0 Å². The fourth-order valence-corrected chi connectivity index (χ4v) is 2.56. The van der Waals surface area contributed by atoms with E-state index in [1.54, 1.807) is 19.9 Å². The van der Waals surface area contributed by atoms with E-state index in [2.05, 4.69) is 5.32 Å². The van der Waals surface area contributed by atoms with Crippen LogP contribution in [0.15, 0.2) is 24.3 Å². The van der Waals surface area contributed by atoms with Gasteiger partial charge in [0.15, 0.2) is 0 Å². The Morgan fingerprint density at radius 1 is 1.40 bits per heavy atom. The summed E-state index contributed by atoms with van der Waals surface area (Å²) in [5.41, 5.74) is 1.04. The van der Waals surface area contributed by atoms with E-state index < -0.39 is 12.0 Å². The topological polar surface area (TPSA) is 66.4 Å². The largest absolute Gasteiger partial charge is 0.480 e. The summed E-state index contributed by atoms with van der Waals surface area (Å²) in [6.45, 7) is 3.56. The molecule has 0 radical (unpaired) electrons. The maximum absolute atomic E-state index is 12.1. The molecule has 2 N–H and O–H groups in total. The fourth-order valence-electron chi connectivity index (χ4n) is 2.36. The molecule has 20 heavy (non-hydrogen) atoms. The minimum Gasteiger partial charge on any atom is -0.480 e. The Balaban J connectivity index is 1.98. The monoisotopic (exact) mass is 295 g/mol. The molecule has 1 saturated carbocycles. The number of halogens is 1. The SMILES string of the molecule is CC(C)C(NC(=O)C1CC1c1cccc(Cl)c1)C(=O)O. The molecule has 0 saturated heterocycles. The van der Waals surface area contributed by atoms with E-state index in [0.717, 1.165) is 12.0 Å². The number of nitrogens with one attached hydrogen (secondary N) is 1.